The summed E-state index contributed by atoms with van der Waals surface area (Å²) in [4.78, 5) is 2.54. The lowest BCUT2D eigenvalue weighted by molar-refractivity contribution is 0.341. The van der Waals surface area contributed by atoms with E-state index in [4.69, 9.17) is 5.10 Å². The first-order valence-corrected chi connectivity index (χ1v) is 8.39. The van der Waals surface area contributed by atoms with Gasteiger partial charge in [0.15, 0.2) is 11.5 Å². The van der Waals surface area contributed by atoms with Gasteiger partial charge >= 0.3 is 0 Å². The van der Waals surface area contributed by atoms with E-state index in [9.17, 15) is 0 Å². The van der Waals surface area contributed by atoms with Crippen LogP contribution in [-0.2, 0) is 0 Å². The second-order valence-electron chi connectivity index (χ2n) is 6.89. The monoisotopic (exact) mass is 283 g/mol. The molecular formula is C16H21N5. The summed E-state index contributed by atoms with van der Waals surface area (Å²) in [7, 11) is 0. The highest BCUT2D eigenvalue weighted by molar-refractivity contribution is 5.48. The third kappa shape index (κ3) is 1.86. The van der Waals surface area contributed by atoms with Crippen molar-refractivity contribution in [1.29, 1.82) is 0 Å². The zero-order valence-electron chi connectivity index (χ0n) is 12.3. The molecule has 0 N–H and O–H groups in total. The molecule has 0 spiro atoms. The predicted molar refractivity (Wildman–Crippen MR) is 80.5 cm³/mol. The lowest BCUT2D eigenvalue weighted by Gasteiger charge is -2.32. The molecule has 21 heavy (non-hydrogen) atoms. The predicted octanol–water partition coefficient (Wildman–Crippen LogP) is 2.77. The summed E-state index contributed by atoms with van der Waals surface area (Å²) in [5.74, 6) is 3.66. The van der Waals surface area contributed by atoms with Crippen LogP contribution >= 0.6 is 0 Å². The van der Waals surface area contributed by atoms with Crippen LogP contribution in [0.15, 0.2) is 12.1 Å². The molecule has 3 fully saturated rings. The zero-order chi connectivity index (χ0) is 13.8. The lowest BCUT2D eigenvalue weighted by Crippen LogP contribution is -2.35. The van der Waals surface area contributed by atoms with E-state index in [0.29, 0.717) is 12.0 Å². The Labute approximate surface area is 124 Å². The Kier molecular flexibility index (Phi) is 2.52. The Balaban J connectivity index is 1.53. The summed E-state index contributed by atoms with van der Waals surface area (Å²) in [5, 5.41) is 13.5. The van der Waals surface area contributed by atoms with Crippen LogP contribution in [-0.4, -0.2) is 32.4 Å². The number of fused-ring (bicyclic) bond motifs is 2. The van der Waals surface area contributed by atoms with Crippen LogP contribution in [0, 0.1) is 5.92 Å². The molecule has 2 aromatic rings. The molecule has 0 radical (unpaired) electrons. The van der Waals surface area contributed by atoms with E-state index in [2.05, 4.69) is 27.2 Å². The summed E-state index contributed by atoms with van der Waals surface area (Å²) in [6.45, 7) is 1.16. The normalized spacial score (nSPS) is 29.0. The Morgan fingerprint density at radius 3 is 2.76 bits per heavy atom. The maximum Gasteiger partial charge on any atom is 0.178 e. The van der Waals surface area contributed by atoms with E-state index >= 15 is 0 Å². The molecule has 1 saturated heterocycles. The van der Waals surface area contributed by atoms with Gasteiger partial charge in [-0.25, -0.2) is 0 Å². The van der Waals surface area contributed by atoms with Crippen LogP contribution in [0.25, 0.3) is 5.65 Å². The minimum atomic E-state index is 0.587. The molecule has 2 saturated carbocycles. The molecule has 0 bridgehead atoms. The maximum atomic E-state index is 4.89. The average molecular weight is 283 g/mol. The van der Waals surface area contributed by atoms with Crippen LogP contribution in [0.1, 0.15) is 56.7 Å². The van der Waals surface area contributed by atoms with Crippen molar-refractivity contribution in [2.24, 2.45) is 5.92 Å². The van der Waals surface area contributed by atoms with Crippen LogP contribution in [0.4, 0.5) is 5.82 Å². The molecule has 5 nitrogen and oxygen atoms in total. The first kappa shape index (κ1) is 12.0. The second-order valence-corrected chi connectivity index (χ2v) is 6.89. The van der Waals surface area contributed by atoms with E-state index in [1.165, 1.54) is 44.9 Å². The number of hydrogen-bond donors (Lipinski definition) is 0. The Hall–Kier alpha value is -1.65. The van der Waals surface area contributed by atoms with E-state index in [1.807, 2.05) is 4.52 Å². The molecule has 5 heteroatoms. The van der Waals surface area contributed by atoms with E-state index in [0.717, 1.165) is 29.8 Å². The molecule has 5 rings (SSSR count). The smallest absolute Gasteiger partial charge is 0.178 e. The molecular weight excluding hydrogens is 262 g/mol. The molecule has 2 aromatic heterocycles. The SMILES string of the molecule is c1cc2nnc(C3CC3)n2nc1N1CCC2CCCCC21. The van der Waals surface area contributed by atoms with Gasteiger partial charge in [0.05, 0.1) is 0 Å². The molecule has 3 heterocycles. The minimum Gasteiger partial charge on any atom is -0.352 e. The van der Waals surface area contributed by atoms with E-state index in [1.54, 1.807) is 0 Å². The van der Waals surface area contributed by atoms with Gasteiger partial charge in [-0.2, -0.15) is 4.52 Å². The van der Waals surface area contributed by atoms with Crippen molar-refractivity contribution in [3.05, 3.63) is 18.0 Å². The van der Waals surface area contributed by atoms with Crippen molar-refractivity contribution in [3.8, 4) is 0 Å². The minimum absolute atomic E-state index is 0.587. The van der Waals surface area contributed by atoms with Crippen LogP contribution in [0.2, 0.25) is 0 Å². The van der Waals surface area contributed by atoms with Crippen LogP contribution in [0.3, 0.4) is 0 Å². The van der Waals surface area contributed by atoms with Gasteiger partial charge in [-0.15, -0.1) is 15.3 Å². The van der Waals surface area contributed by atoms with Gasteiger partial charge < -0.3 is 4.90 Å². The van der Waals surface area contributed by atoms with E-state index in [-0.39, 0.29) is 0 Å². The largest absolute Gasteiger partial charge is 0.352 e. The quantitative estimate of drug-likeness (QED) is 0.850. The van der Waals surface area contributed by atoms with Gasteiger partial charge in [-0.1, -0.05) is 12.8 Å². The molecule has 2 aliphatic carbocycles. The van der Waals surface area contributed by atoms with Gasteiger partial charge in [0, 0.05) is 18.5 Å². The molecule has 2 atom stereocenters. The van der Waals surface area contributed by atoms with Gasteiger partial charge in [0.1, 0.15) is 5.82 Å². The number of rotatable bonds is 2. The summed E-state index contributed by atoms with van der Waals surface area (Å²) >= 11 is 0. The first-order valence-electron chi connectivity index (χ1n) is 8.39. The fraction of sp³-hybridized carbons (Fsp3) is 0.688. The number of hydrogen-bond acceptors (Lipinski definition) is 4. The Morgan fingerprint density at radius 2 is 1.86 bits per heavy atom. The highest BCUT2D eigenvalue weighted by Gasteiger charge is 2.36. The molecule has 0 amide bonds. The molecule has 1 aliphatic heterocycles. The number of anilines is 1. The zero-order valence-corrected chi connectivity index (χ0v) is 12.3. The summed E-state index contributed by atoms with van der Waals surface area (Å²) < 4.78 is 1.99. The Bertz CT molecular complexity index is 674. The van der Waals surface area contributed by atoms with E-state index < -0.39 is 0 Å². The second kappa shape index (κ2) is 4.42. The fourth-order valence-corrected chi connectivity index (χ4v) is 4.24. The summed E-state index contributed by atoms with van der Waals surface area (Å²) in [6, 6.07) is 4.93. The molecule has 2 unspecified atom stereocenters. The topological polar surface area (TPSA) is 46.3 Å². The van der Waals surface area contributed by atoms with Crippen molar-refractivity contribution < 1.29 is 0 Å². The lowest BCUT2D eigenvalue weighted by atomic mass is 9.85. The molecule has 110 valence electrons. The van der Waals surface area contributed by atoms with Gasteiger partial charge in [0.2, 0.25) is 0 Å². The Morgan fingerprint density at radius 1 is 0.952 bits per heavy atom. The van der Waals surface area contributed by atoms with Crippen LogP contribution in [0.5, 0.6) is 0 Å². The molecule has 0 aromatic carbocycles. The average Bonchev–Trinajstić information content (AvgIpc) is 3.13. The van der Waals surface area contributed by atoms with Gasteiger partial charge in [-0.05, 0) is 50.2 Å². The van der Waals surface area contributed by atoms with Crippen molar-refractivity contribution in [1.82, 2.24) is 19.8 Å². The highest BCUT2D eigenvalue weighted by atomic mass is 15.4. The summed E-state index contributed by atoms with van der Waals surface area (Å²) in [5.41, 5.74) is 0.889. The van der Waals surface area contributed by atoms with Gasteiger partial charge in [0.25, 0.3) is 0 Å². The molecule has 3 aliphatic rings. The van der Waals surface area contributed by atoms with Crippen molar-refractivity contribution >= 4 is 11.5 Å². The third-order valence-electron chi connectivity index (χ3n) is 5.52. The summed E-state index contributed by atoms with van der Waals surface area (Å²) in [6.07, 6.45) is 9.34. The van der Waals surface area contributed by atoms with Crippen LogP contribution < -0.4 is 4.90 Å². The fourth-order valence-electron chi connectivity index (χ4n) is 4.24. The number of aromatic nitrogens is 4. The first-order chi connectivity index (χ1) is 10.4. The third-order valence-corrected chi connectivity index (χ3v) is 5.52. The highest BCUT2D eigenvalue weighted by Crippen LogP contribution is 2.40. The van der Waals surface area contributed by atoms with Gasteiger partial charge in [-0.3, -0.25) is 0 Å². The van der Waals surface area contributed by atoms with Crippen molar-refractivity contribution in [2.45, 2.75) is 56.9 Å². The number of nitrogens with zero attached hydrogens (tertiary/aromatic N) is 5. The maximum absolute atomic E-state index is 4.89. The van der Waals surface area contributed by atoms with Crippen molar-refractivity contribution in [3.63, 3.8) is 0 Å². The standard InChI is InChI=1S/C16H21N5/c1-2-4-13-11(3-1)9-10-20(13)15-8-7-14-17-18-16(12-5-6-12)21(14)19-15/h7-8,11-13H,1-6,9-10H2. The van der Waals surface area contributed by atoms with Crippen molar-refractivity contribution in [2.75, 3.05) is 11.4 Å².